The molecule has 0 fully saturated rings. The molecule has 2 rings (SSSR count). The molecule has 0 atom stereocenters. The highest BCUT2D eigenvalue weighted by molar-refractivity contribution is 9.10. The number of hydrogen-bond acceptors (Lipinski definition) is 2. The van der Waals surface area contributed by atoms with Crippen LogP contribution in [0, 0.1) is 0 Å². The molecule has 0 saturated carbocycles. The molecule has 0 aliphatic carbocycles. The summed E-state index contributed by atoms with van der Waals surface area (Å²) in [5.74, 6) is 0.546. The molecule has 0 aliphatic heterocycles. The van der Waals surface area contributed by atoms with Crippen molar-refractivity contribution in [2.24, 2.45) is 0 Å². The van der Waals surface area contributed by atoms with E-state index in [4.69, 9.17) is 27.9 Å². The topological polar surface area (TPSA) is 22.1 Å². The van der Waals surface area contributed by atoms with Crippen molar-refractivity contribution in [2.45, 2.75) is 6.61 Å². The van der Waals surface area contributed by atoms with Crippen LogP contribution in [-0.2, 0) is 6.61 Å². The van der Waals surface area contributed by atoms with Gasteiger partial charge in [0.05, 0.1) is 10.0 Å². The summed E-state index contributed by atoms with van der Waals surface area (Å²) in [5, 5.41) is 1.07. The quantitative estimate of drug-likeness (QED) is 0.623. The van der Waals surface area contributed by atoms with Crippen LogP contribution in [-0.4, -0.2) is 4.98 Å². The summed E-state index contributed by atoms with van der Waals surface area (Å²) in [5.41, 5.74) is 0.944. The number of nitrogens with zero attached hydrogens (tertiary/aromatic N) is 1. The van der Waals surface area contributed by atoms with Gasteiger partial charge in [-0.05, 0) is 44.0 Å². The number of aromatic nitrogens is 1. The van der Waals surface area contributed by atoms with E-state index in [0.29, 0.717) is 22.4 Å². The normalized spacial score (nSPS) is 10.4. The Morgan fingerprint density at radius 3 is 2.56 bits per heavy atom. The van der Waals surface area contributed by atoms with Crippen LogP contribution in [0.25, 0.3) is 0 Å². The Hall–Kier alpha value is -0.290. The lowest BCUT2D eigenvalue weighted by Gasteiger charge is -2.09. The van der Waals surface area contributed by atoms with Gasteiger partial charge in [0.25, 0.3) is 0 Å². The predicted octanol–water partition coefficient (Wildman–Crippen LogP) is 5.49. The molecule has 2 aromatic rings. The van der Waals surface area contributed by atoms with Gasteiger partial charge in [0.2, 0.25) is 0 Å². The maximum atomic E-state index is 6.06. The SMILES string of the molecule is Clc1cc(OCc2cncc(Br)c2)c(Cl)cc1Br. The van der Waals surface area contributed by atoms with Gasteiger partial charge in [0, 0.05) is 33.0 Å². The zero-order chi connectivity index (χ0) is 13.1. The first kappa shape index (κ1) is 14.1. The van der Waals surface area contributed by atoms with Crippen molar-refractivity contribution in [3.05, 3.63) is 55.1 Å². The number of halogens is 4. The third-order valence-corrected chi connectivity index (χ3v) is 4.06. The number of ether oxygens (including phenoxy) is 1. The molecule has 0 amide bonds. The minimum Gasteiger partial charge on any atom is -0.487 e. The van der Waals surface area contributed by atoms with E-state index >= 15 is 0 Å². The Labute approximate surface area is 132 Å². The van der Waals surface area contributed by atoms with E-state index in [1.54, 1.807) is 24.5 Å². The van der Waals surface area contributed by atoms with Gasteiger partial charge in [-0.2, -0.15) is 0 Å². The van der Waals surface area contributed by atoms with Gasteiger partial charge in [-0.1, -0.05) is 23.2 Å². The number of benzene rings is 1. The molecule has 0 N–H and O–H groups in total. The van der Waals surface area contributed by atoms with Crippen LogP contribution in [0.1, 0.15) is 5.56 Å². The van der Waals surface area contributed by atoms with Gasteiger partial charge in [-0.3, -0.25) is 4.98 Å². The van der Waals surface area contributed by atoms with Gasteiger partial charge in [-0.25, -0.2) is 0 Å². The molecule has 0 aliphatic rings. The van der Waals surface area contributed by atoms with Crippen LogP contribution < -0.4 is 4.74 Å². The van der Waals surface area contributed by atoms with E-state index < -0.39 is 0 Å². The largest absolute Gasteiger partial charge is 0.487 e. The van der Waals surface area contributed by atoms with Gasteiger partial charge in [-0.15, -0.1) is 0 Å². The minimum atomic E-state index is 0.379. The summed E-state index contributed by atoms with van der Waals surface area (Å²) >= 11 is 18.7. The zero-order valence-electron chi connectivity index (χ0n) is 8.96. The summed E-state index contributed by atoms with van der Waals surface area (Å²) in [6.45, 7) is 0.379. The molecule has 1 aromatic carbocycles. The highest BCUT2D eigenvalue weighted by Gasteiger charge is 2.07. The van der Waals surface area contributed by atoms with Crippen molar-refractivity contribution < 1.29 is 4.74 Å². The van der Waals surface area contributed by atoms with Crippen molar-refractivity contribution >= 4 is 55.1 Å². The summed E-state index contributed by atoms with van der Waals surface area (Å²) in [6.07, 6.45) is 3.45. The zero-order valence-corrected chi connectivity index (χ0v) is 13.6. The molecule has 2 nitrogen and oxygen atoms in total. The van der Waals surface area contributed by atoms with Crippen molar-refractivity contribution in [3.63, 3.8) is 0 Å². The van der Waals surface area contributed by atoms with Gasteiger partial charge in [0.1, 0.15) is 12.4 Å². The van der Waals surface area contributed by atoms with E-state index in [0.717, 1.165) is 14.5 Å². The summed E-state index contributed by atoms with van der Waals surface area (Å²) < 4.78 is 7.26. The standard InChI is InChI=1S/C12H7Br2Cl2NO/c13-8-1-7(4-17-5-8)6-18-12-3-10(15)9(14)2-11(12)16/h1-5H,6H2. The summed E-state index contributed by atoms with van der Waals surface area (Å²) in [6, 6.07) is 5.32. The first-order valence-electron chi connectivity index (χ1n) is 4.93. The maximum absolute atomic E-state index is 6.06. The highest BCUT2D eigenvalue weighted by atomic mass is 79.9. The van der Waals surface area contributed by atoms with Crippen molar-refractivity contribution in [1.82, 2.24) is 4.98 Å². The van der Waals surface area contributed by atoms with Crippen molar-refractivity contribution in [1.29, 1.82) is 0 Å². The molecule has 0 bridgehead atoms. The first-order valence-corrected chi connectivity index (χ1v) is 7.27. The third kappa shape index (κ3) is 3.60. The van der Waals surface area contributed by atoms with Crippen LogP contribution in [0.2, 0.25) is 10.0 Å². The predicted molar refractivity (Wildman–Crippen MR) is 80.4 cm³/mol. The molecule has 18 heavy (non-hydrogen) atoms. The second-order valence-corrected chi connectivity index (χ2v) is 6.08. The molecule has 0 unspecified atom stereocenters. The Kier molecular flexibility index (Phi) is 4.90. The van der Waals surface area contributed by atoms with E-state index in [1.807, 2.05) is 6.07 Å². The Bertz CT molecular complexity index is 578. The maximum Gasteiger partial charge on any atom is 0.139 e. The Morgan fingerprint density at radius 2 is 1.83 bits per heavy atom. The van der Waals surface area contributed by atoms with Gasteiger partial charge >= 0.3 is 0 Å². The second-order valence-electron chi connectivity index (χ2n) is 3.50. The lowest BCUT2D eigenvalue weighted by Crippen LogP contribution is -1.96. The molecule has 0 spiro atoms. The monoisotopic (exact) mass is 409 g/mol. The van der Waals surface area contributed by atoms with Crippen LogP contribution >= 0.6 is 55.1 Å². The average molecular weight is 412 g/mol. The first-order chi connectivity index (χ1) is 8.56. The van der Waals surface area contributed by atoms with Crippen LogP contribution in [0.5, 0.6) is 5.75 Å². The number of hydrogen-bond donors (Lipinski definition) is 0. The molecule has 0 radical (unpaired) electrons. The Morgan fingerprint density at radius 1 is 1.06 bits per heavy atom. The molecule has 0 saturated heterocycles. The summed E-state index contributed by atoms with van der Waals surface area (Å²) in [4.78, 5) is 4.06. The Balaban J connectivity index is 2.13. The third-order valence-electron chi connectivity index (χ3n) is 2.13. The molecular formula is C12H7Br2Cl2NO. The molecular weight excluding hydrogens is 405 g/mol. The van der Waals surface area contributed by atoms with Gasteiger partial charge < -0.3 is 4.74 Å². The smallest absolute Gasteiger partial charge is 0.139 e. The molecule has 6 heteroatoms. The number of pyridine rings is 1. The molecule has 1 heterocycles. The second kappa shape index (κ2) is 6.24. The van der Waals surface area contributed by atoms with Crippen molar-refractivity contribution in [3.8, 4) is 5.75 Å². The van der Waals surface area contributed by atoms with E-state index in [1.165, 1.54) is 0 Å². The minimum absolute atomic E-state index is 0.379. The molecule has 94 valence electrons. The van der Waals surface area contributed by atoms with E-state index in [9.17, 15) is 0 Å². The van der Waals surface area contributed by atoms with E-state index in [2.05, 4.69) is 36.8 Å². The lowest BCUT2D eigenvalue weighted by molar-refractivity contribution is 0.306. The van der Waals surface area contributed by atoms with Gasteiger partial charge in [0.15, 0.2) is 0 Å². The van der Waals surface area contributed by atoms with E-state index in [-0.39, 0.29) is 0 Å². The fraction of sp³-hybridized carbons (Fsp3) is 0.0833. The fourth-order valence-electron chi connectivity index (χ4n) is 1.31. The fourth-order valence-corrected chi connectivity index (χ4v) is 2.57. The van der Waals surface area contributed by atoms with Crippen LogP contribution in [0.4, 0.5) is 0 Å². The van der Waals surface area contributed by atoms with Crippen molar-refractivity contribution in [2.75, 3.05) is 0 Å². The highest BCUT2D eigenvalue weighted by Crippen LogP contribution is 2.34. The lowest BCUT2D eigenvalue weighted by atomic mass is 10.3. The van der Waals surface area contributed by atoms with Crippen LogP contribution in [0.3, 0.4) is 0 Å². The molecule has 1 aromatic heterocycles. The summed E-state index contributed by atoms with van der Waals surface area (Å²) in [7, 11) is 0. The average Bonchev–Trinajstić information content (AvgIpc) is 2.32. The number of rotatable bonds is 3. The van der Waals surface area contributed by atoms with Crippen LogP contribution in [0.15, 0.2) is 39.5 Å².